The average molecular weight is 449 g/mol. The van der Waals surface area contributed by atoms with Crippen LogP contribution >= 0.6 is 0 Å². The fraction of sp³-hybridized carbons (Fsp3) is 0.0909. The second-order valence-corrected chi connectivity index (χ2v) is 8.76. The third-order valence-electron chi connectivity index (χ3n) is 4.87. The summed E-state index contributed by atoms with van der Waals surface area (Å²) in [5.74, 6) is 5.13. The maximum absolute atomic E-state index is 13.2. The van der Waals surface area contributed by atoms with Gasteiger partial charge in [-0.2, -0.15) is 4.83 Å². The Hall–Kier alpha value is -3.73. The molecule has 3 aromatic heterocycles. The number of hydrogen-bond acceptors (Lipinski definition) is 7. The Morgan fingerprint density at radius 3 is 2.28 bits per heavy atom. The summed E-state index contributed by atoms with van der Waals surface area (Å²) >= 11 is 0. The number of hydrogen-bond donors (Lipinski definition) is 3. The molecule has 10 heteroatoms. The van der Waals surface area contributed by atoms with Crippen molar-refractivity contribution < 1.29 is 13.2 Å². The summed E-state index contributed by atoms with van der Waals surface area (Å²) in [7, 11) is -4.18. The molecule has 1 aromatic carbocycles. The number of carbonyl (C=O) groups excluding carboxylic acids is 1. The summed E-state index contributed by atoms with van der Waals surface area (Å²) < 4.78 is 26.3. The molecule has 0 aliphatic carbocycles. The lowest BCUT2D eigenvalue weighted by atomic mass is 9.99. The van der Waals surface area contributed by atoms with E-state index in [1.54, 1.807) is 48.9 Å². The van der Waals surface area contributed by atoms with E-state index in [9.17, 15) is 13.2 Å². The molecule has 4 rings (SSSR count). The summed E-state index contributed by atoms with van der Waals surface area (Å²) in [6, 6.07) is 12.1. The lowest BCUT2D eigenvalue weighted by molar-refractivity contribution is -0.114. The molecule has 162 valence electrons. The van der Waals surface area contributed by atoms with Crippen molar-refractivity contribution in [3.05, 3.63) is 66.6 Å². The second kappa shape index (κ2) is 8.42. The van der Waals surface area contributed by atoms with E-state index < -0.39 is 10.0 Å². The van der Waals surface area contributed by atoms with Gasteiger partial charge in [-0.05, 0) is 42.8 Å². The second-order valence-electron chi connectivity index (χ2n) is 7.11. The number of pyridine rings is 3. The average Bonchev–Trinajstić information content (AvgIpc) is 2.78. The van der Waals surface area contributed by atoms with Crippen molar-refractivity contribution in [2.75, 3.05) is 5.32 Å². The standard InChI is InChI=1S/C22H20N6O3S/c1-13-5-3-8-24-19(13)17-11-16(27-14(2)29)12-18(22(17)32(30,31)28-23)21-20-15(7-10-26-21)6-4-9-25-20/h3-12,28H,23H2,1-2H3,(H,27,29). The molecule has 0 saturated heterocycles. The van der Waals surface area contributed by atoms with E-state index in [0.29, 0.717) is 22.6 Å². The van der Waals surface area contributed by atoms with Crippen LogP contribution in [0.5, 0.6) is 0 Å². The van der Waals surface area contributed by atoms with Crippen LogP contribution in [-0.4, -0.2) is 29.3 Å². The van der Waals surface area contributed by atoms with Gasteiger partial charge in [-0.1, -0.05) is 12.1 Å². The number of fused-ring (bicyclic) bond motifs is 1. The molecule has 0 fully saturated rings. The summed E-state index contributed by atoms with van der Waals surface area (Å²) in [4.78, 5) is 26.9. The van der Waals surface area contributed by atoms with Gasteiger partial charge >= 0.3 is 0 Å². The number of benzene rings is 1. The molecule has 3 heterocycles. The zero-order chi connectivity index (χ0) is 22.9. The lowest BCUT2D eigenvalue weighted by Gasteiger charge is -2.18. The van der Waals surface area contributed by atoms with Gasteiger partial charge in [0, 0.05) is 47.7 Å². The molecule has 0 spiro atoms. The number of nitrogens with zero attached hydrogens (tertiary/aromatic N) is 3. The molecule has 0 bridgehead atoms. The summed E-state index contributed by atoms with van der Waals surface area (Å²) in [5, 5.41) is 3.51. The van der Waals surface area contributed by atoms with Crippen molar-refractivity contribution >= 4 is 32.5 Å². The Balaban J connectivity index is 2.18. The lowest BCUT2D eigenvalue weighted by Crippen LogP contribution is -2.31. The van der Waals surface area contributed by atoms with Crippen molar-refractivity contribution in [3.63, 3.8) is 0 Å². The number of hydrazine groups is 1. The number of nitrogens with one attached hydrogen (secondary N) is 2. The zero-order valence-electron chi connectivity index (χ0n) is 17.3. The first-order chi connectivity index (χ1) is 15.3. The first-order valence-corrected chi connectivity index (χ1v) is 11.1. The Bertz CT molecular complexity index is 1450. The molecule has 1 amide bonds. The van der Waals surface area contributed by atoms with Crippen LogP contribution in [0.1, 0.15) is 12.5 Å². The van der Waals surface area contributed by atoms with Gasteiger partial charge in [-0.3, -0.25) is 25.6 Å². The van der Waals surface area contributed by atoms with E-state index in [1.165, 1.54) is 6.92 Å². The maximum atomic E-state index is 13.2. The zero-order valence-corrected chi connectivity index (χ0v) is 18.1. The fourth-order valence-corrected chi connectivity index (χ4v) is 4.58. The van der Waals surface area contributed by atoms with Crippen molar-refractivity contribution in [2.24, 2.45) is 5.84 Å². The molecular weight excluding hydrogens is 428 g/mol. The summed E-state index contributed by atoms with van der Waals surface area (Å²) in [6.45, 7) is 3.19. The van der Waals surface area contributed by atoms with Crippen molar-refractivity contribution in [3.8, 4) is 22.5 Å². The number of aromatic nitrogens is 3. The van der Waals surface area contributed by atoms with Crippen LogP contribution < -0.4 is 16.0 Å². The predicted octanol–water partition coefficient (Wildman–Crippen LogP) is 2.78. The minimum absolute atomic E-state index is 0.110. The quantitative estimate of drug-likeness (QED) is 0.315. The van der Waals surface area contributed by atoms with Crippen LogP contribution in [0, 0.1) is 6.92 Å². The highest BCUT2D eigenvalue weighted by Crippen LogP contribution is 2.40. The van der Waals surface area contributed by atoms with Crippen molar-refractivity contribution in [1.82, 2.24) is 19.8 Å². The van der Waals surface area contributed by atoms with Gasteiger partial charge in [-0.15, -0.1) is 0 Å². The molecule has 0 unspecified atom stereocenters. The molecule has 0 aliphatic heterocycles. The van der Waals surface area contributed by atoms with Gasteiger partial charge in [-0.25, -0.2) is 8.42 Å². The topological polar surface area (TPSA) is 140 Å². The molecule has 4 aromatic rings. The van der Waals surface area contributed by atoms with Crippen LogP contribution in [-0.2, 0) is 14.8 Å². The third-order valence-corrected chi connectivity index (χ3v) is 6.16. The number of carbonyl (C=O) groups is 1. The number of amides is 1. The molecule has 0 saturated carbocycles. The van der Waals surface area contributed by atoms with Crippen LogP contribution in [0.4, 0.5) is 5.69 Å². The number of rotatable bonds is 5. The summed E-state index contributed by atoms with van der Waals surface area (Å²) in [6.07, 6.45) is 4.74. The van der Waals surface area contributed by atoms with Gasteiger partial charge in [0.1, 0.15) is 4.90 Å². The molecule has 4 N–H and O–H groups in total. The molecule has 0 atom stereocenters. The van der Waals surface area contributed by atoms with Crippen LogP contribution in [0.3, 0.4) is 0 Å². The van der Waals surface area contributed by atoms with Gasteiger partial charge in [0.05, 0.1) is 16.9 Å². The Morgan fingerprint density at radius 2 is 1.59 bits per heavy atom. The molecule has 0 aliphatic rings. The van der Waals surface area contributed by atoms with Gasteiger partial charge in [0.2, 0.25) is 5.91 Å². The van der Waals surface area contributed by atoms with E-state index in [2.05, 4.69) is 20.3 Å². The molecule has 32 heavy (non-hydrogen) atoms. The number of sulfonamides is 1. The van der Waals surface area contributed by atoms with Gasteiger partial charge < -0.3 is 5.32 Å². The summed E-state index contributed by atoms with van der Waals surface area (Å²) in [5.41, 5.74) is 2.92. The minimum atomic E-state index is -4.18. The van der Waals surface area contributed by atoms with Gasteiger partial charge in [0.15, 0.2) is 0 Å². The SMILES string of the molecule is CC(=O)Nc1cc(-c2ncccc2C)c(S(=O)(=O)NN)c(-c2nccc3cccnc23)c1. The Morgan fingerprint density at radius 1 is 0.938 bits per heavy atom. The van der Waals surface area contributed by atoms with Crippen molar-refractivity contribution in [1.29, 1.82) is 0 Å². The van der Waals surface area contributed by atoms with E-state index in [4.69, 9.17) is 5.84 Å². The van der Waals surface area contributed by atoms with Crippen LogP contribution in [0.2, 0.25) is 0 Å². The highest BCUT2D eigenvalue weighted by Gasteiger charge is 2.28. The highest BCUT2D eigenvalue weighted by molar-refractivity contribution is 7.89. The van der Waals surface area contributed by atoms with E-state index >= 15 is 0 Å². The Kier molecular flexibility index (Phi) is 5.66. The van der Waals surface area contributed by atoms with Gasteiger partial charge in [0.25, 0.3) is 10.0 Å². The normalized spacial score (nSPS) is 11.5. The monoisotopic (exact) mass is 448 g/mol. The van der Waals surface area contributed by atoms with E-state index in [-0.39, 0.29) is 21.9 Å². The van der Waals surface area contributed by atoms with Crippen LogP contribution in [0.15, 0.2) is 66.0 Å². The van der Waals surface area contributed by atoms with E-state index in [0.717, 1.165) is 10.9 Å². The molecule has 0 radical (unpaired) electrons. The number of aryl methyl sites for hydroxylation is 1. The first-order valence-electron chi connectivity index (χ1n) is 9.62. The largest absolute Gasteiger partial charge is 0.326 e. The maximum Gasteiger partial charge on any atom is 0.254 e. The number of nitrogens with two attached hydrogens (primary N) is 1. The van der Waals surface area contributed by atoms with Crippen LogP contribution in [0.25, 0.3) is 33.4 Å². The third kappa shape index (κ3) is 3.94. The first kappa shape index (κ1) is 21.5. The fourth-order valence-electron chi connectivity index (χ4n) is 3.57. The van der Waals surface area contributed by atoms with E-state index in [1.807, 2.05) is 23.9 Å². The van der Waals surface area contributed by atoms with Crippen molar-refractivity contribution in [2.45, 2.75) is 18.7 Å². The molecular formula is C22H20N6O3S. The highest BCUT2D eigenvalue weighted by atomic mass is 32.2. The Labute approximate surface area is 184 Å². The number of anilines is 1. The molecule has 9 nitrogen and oxygen atoms in total. The predicted molar refractivity (Wildman–Crippen MR) is 122 cm³/mol. The minimum Gasteiger partial charge on any atom is -0.326 e. The smallest absolute Gasteiger partial charge is 0.254 e.